The average Bonchev–Trinajstić information content (AvgIpc) is 2.55. The Labute approximate surface area is 140 Å². The summed E-state index contributed by atoms with van der Waals surface area (Å²) < 4.78 is 0.815. The fourth-order valence-electron chi connectivity index (χ4n) is 2.24. The first-order chi connectivity index (χ1) is 11.1. The third kappa shape index (κ3) is 3.65. The van der Waals surface area contributed by atoms with Crippen molar-refractivity contribution in [2.24, 2.45) is 0 Å². The number of fused-ring (bicyclic) bond motifs is 1. The van der Waals surface area contributed by atoms with Gasteiger partial charge in [-0.1, -0.05) is 24.3 Å². The number of carbonyl (C=O) groups is 1. The molecule has 0 aliphatic carbocycles. The molecule has 0 radical (unpaired) electrons. The molecule has 3 rings (SSSR count). The largest absolute Gasteiger partial charge is 0.325 e. The molecule has 1 amide bonds. The van der Waals surface area contributed by atoms with Gasteiger partial charge in [0.2, 0.25) is 5.91 Å². The molecule has 6 heteroatoms. The van der Waals surface area contributed by atoms with Crippen molar-refractivity contribution in [2.75, 3.05) is 5.32 Å². The Kier molecular flexibility index (Phi) is 4.52. The summed E-state index contributed by atoms with van der Waals surface area (Å²) in [5, 5.41) is 2.81. The van der Waals surface area contributed by atoms with Gasteiger partial charge in [-0.25, -0.2) is 4.98 Å². The minimum Gasteiger partial charge on any atom is -0.325 e. The van der Waals surface area contributed by atoms with E-state index in [0.29, 0.717) is 22.4 Å². The van der Waals surface area contributed by atoms with E-state index >= 15 is 0 Å². The van der Waals surface area contributed by atoms with Crippen molar-refractivity contribution in [3.63, 3.8) is 0 Å². The Morgan fingerprint density at radius 3 is 2.70 bits per heavy atom. The number of anilines is 1. The summed E-state index contributed by atoms with van der Waals surface area (Å²) in [6.45, 7) is 0. The van der Waals surface area contributed by atoms with Crippen LogP contribution in [0.4, 0.5) is 5.69 Å². The van der Waals surface area contributed by atoms with E-state index in [0.717, 1.165) is 4.47 Å². The summed E-state index contributed by atoms with van der Waals surface area (Å²) in [7, 11) is 0. The minimum atomic E-state index is -0.252. The van der Waals surface area contributed by atoms with Gasteiger partial charge < -0.3 is 10.3 Å². The Hall–Kier alpha value is -2.47. The van der Waals surface area contributed by atoms with Gasteiger partial charge >= 0.3 is 0 Å². The van der Waals surface area contributed by atoms with Gasteiger partial charge in [0.1, 0.15) is 5.69 Å². The van der Waals surface area contributed by atoms with Crippen LogP contribution in [-0.2, 0) is 11.2 Å². The number of hydrogen-bond acceptors (Lipinski definition) is 3. The second-order valence-electron chi connectivity index (χ2n) is 5.06. The van der Waals surface area contributed by atoms with Crippen LogP contribution < -0.4 is 10.9 Å². The van der Waals surface area contributed by atoms with Crippen LogP contribution in [0.25, 0.3) is 11.0 Å². The normalized spacial score (nSPS) is 10.7. The quantitative estimate of drug-likeness (QED) is 0.738. The molecule has 3 aromatic rings. The molecule has 0 aliphatic heterocycles. The zero-order valence-electron chi connectivity index (χ0n) is 12.2. The number of halogens is 1. The number of carbonyl (C=O) groups excluding carboxylic acids is 1. The van der Waals surface area contributed by atoms with E-state index in [-0.39, 0.29) is 24.3 Å². The number of para-hydroxylation sites is 3. The molecule has 2 aromatic carbocycles. The maximum absolute atomic E-state index is 12.0. The lowest BCUT2D eigenvalue weighted by Crippen LogP contribution is -2.19. The molecular weight excluding hydrogens is 358 g/mol. The summed E-state index contributed by atoms with van der Waals surface area (Å²) in [6, 6.07) is 14.7. The monoisotopic (exact) mass is 371 g/mol. The maximum Gasteiger partial charge on any atom is 0.270 e. The highest BCUT2D eigenvalue weighted by Crippen LogP contribution is 2.21. The van der Waals surface area contributed by atoms with Crippen molar-refractivity contribution in [3.05, 3.63) is 69.1 Å². The summed E-state index contributed by atoms with van der Waals surface area (Å²) in [5.41, 5.74) is 2.23. The molecule has 116 valence electrons. The first-order valence-electron chi connectivity index (χ1n) is 7.16. The Balaban J connectivity index is 1.71. The predicted molar refractivity (Wildman–Crippen MR) is 93.5 cm³/mol. The minimum absolute atomic E-state index is 0.161. The third-order valence-corrected chi connectivity index (χ3v) is 4.10. The van der Waals surface area contributed by atoms with Crippen molar-refractivity contribution >= 4 is 38.6 Å². The van der Waals surface area contributed by atoms with Crippen molar-refractivity contribution in [1.29, 1.82) is 0 Å². The van der Waals surface area contributed by atoms with E-state index in [1.165, 1.54) is 0 Å². The number of rotatable bonds is 4. The van der Waals surface area contributed by atoms with Gasteiger partial charge in [0, 0.05) is 17.3 Å². The SMILES string of the molecule is O=C(CCc1nc2ccccc2[nH]c1=O)Nc1ccccc1Br. The predicted octanol–water partition coefficient (Wildman–Crippen LogP) is 3.26. The smallest absolute Gasteiger partial charge is 0.270 e. The third-order valence-electron chi connectivity index (χ3n) is 3.41. The van der Waals surface area contributed by atoms with Crippen LogP contribution in [0.1, 0.15) is 12.1 Å². The van der Waals surface area contributed by atoms with Gasteiger partial charge in [0.25, 0.3) is 5.56 Å². The van der Waals surface area contributed by atoms with Crippen LogP contribution in [0, 0.1) is 0 Å². The molecule has 2 N–H and O–H groups in total. The highest BCUT2D eigenvalue weighted by atomic mass is 79.9. The van der Waals surface area contributed by atoms with Crippen molar-refractivity contribution in [1.82, 2.24) is 9.97 Å². The molecule has 1 aromatic heterocycles. The number of nitrogens with one attached hydrogen (secondary N) is 2. The summed E-state index contributed by atoms with van der Waals surface area (Å²) in [4.78, 5) is 31.2. The van der Waals surface area contributed by atoms with E-state index in [9.17, 15) is 9.59 Å². The molecule has 0 spiro atoms. The lowest BCUT2D eigenvalue weighted by Gasteiger charge is -2.07. The Morgan fingerprint density at radius 2 is 1.87 bits per heavy atom. The number of H-pyrrole nitrogens is 1. The molecule has 23 heavy (non-hydrogen) atoms. The highest BCUT2D eigenvalue weighted by Gasteiger charge is 2.09. The Bertz CT molecular complexity index is 921. The Morgan fingerprint density at radius 1 is 1.13 bits per heavy atom. The van der Waals surface area contributed by atoms with Gasteiger partial charge in [-0.05, 0) is 40.2 Å². The van der Waals surface area contributed by atoms with E-state index in [2.05, 4.69) is 31.2 Å². The van der Waals surface area contributed by atoms with Gasteiger partial charge in [-0.2, -0.15) is 0 Å². The number of nitrogens with zero attached hydrogens (tertiary/aromatic N) is 1. The van der Waals surface area contributed by atoms with Crippen LogP contribution in [0.3, 0.4) is 0 Å². The highest BCUT2D eigenvalue weighted by molar-refractivity contribution is 9.10. The number of aryl methyl sites for hydroxylation is 1. The van der Waals surface area contributed by atoms with Crippen LogP contribution in [0.5, 0.6) is 0 Å². The lowest BCUT2D eigenvalue weighted by atomic mass is 10.2. The van der Waals surface area contributed by atoms with Crippen LogP contribution in [0.2, 0.25) is 0 Å². The zero-order chi connectivity index (χ0) is 16.2. The van der Waals surface area contributed by atoms with Gasteiger partial charge in [0.05, 0.1) is 16.7 Å². The average molecular weight is 372 g/mol. The second-order valence-corrected chi connectivity index (χ2v) is 5.91. The van der Waals surface area contributed by atoms with Gasteiger partial charge in [0.15, 0.2) is 0 Å². The molecule has 1 heterocycles. The molecule has 0 atom stereocenters. The molecule has 0 unspecified atom stereocenters. The summed E-state index contributed by atoms with van der Waals surface area (Å²) in [5.74, 6) is -0.161. The first kappa shape index (κ1) is 15.4. The number of hydrogen-bond donors (Lipinski definition) is 2. The number of aromatic nitrogens is 2. The van der Waals surface area contributed by atoms with Crippen LogP contribution >= 0.6 is 15.9 Å². The summed E-state index contributed by atoms with van der Waals surface area (Å²) in [6.07, 6.45) is 0.478. The zero-order valence-corrected chi connectivity index (χ0v) is 13.8. The van der Waals surface area contributed by atoms with Crippen LogP contribution in [0.15, 0.2) is 57.8 Å². The topological polar surface area (TPSA) is 74.8 Å². The standard InChI is InChI=1S/C17H14BrN3O2/c18-11-5-1-2-6-12(11)20-16(22)10-9-15-17(23)21-14-8-4-3-7-13(14)19-15/h1-8H,9-10H2,(H,20,22)(H,21,23). The molecule has 0 bridgehead atoms. The van der Waals surface area contributed by atoms with Gasteiger partial charge in [-0.15, -0.1) is 0 Å². The fourth-order valence-corrected chi connectivity index (χ4v) is 2.63. The van der Waals surface area contributed by atoms with E-state index in [1.54, 1.807) is 6.07 Å². The number of amides is 1. The number of benzene rings is 2. The van der Waals surface area contributed by atoms with Crippen molar-refractivity contribution in [2.45, 2.75) is 12.8 Å². The molecule has 0 saturated carbocycles. The maximum atomic E-state index is 12.0. The van der Waals surface area contributed by atoms with E-state index in [4.69, 9.17) is 0 Å². The molecular formula is C17H14BrN3O2. The lowest BCUT2D eigenvalue weighted by molar-refractivity contribution is -0.116. The summed E-state index contributed by atoms with van der Waals surface area (Å²) >= 11 is 3.38. The van der Waals surface area contributed by atoms with Gasteiger partial charge in [-0.3, -0.25) is 9.59 Å². The molecule has 0 saturated heterocycles. The molecule has 0 fully saturated rings. The van der Waals surface area contributed by atoms with E-state index < -0.39 is 0 Å². The molecule has 0 aliphatic rings. The van der Waals surface area contributed by atoms with Crippen molar-refractivity contribution in [3.8, 4) is 0 Å². The number of aromatic amines is 1. The fraction of sp³-hybridized carbons (Fsp3) is 0.118. The first-order valence-corrected chi connectivity index (χ1v) is 7.95. The molecule has 5 nitrogen and oxygen atoms in total. The van der Waals surface area contributed by atoms with Crippen LogP contribution in [-0.4, -0.2) is 15.9 Å². The second kappa shape index (κ2) is 6.75. The van der Waals surface area contributed by atoms with E-state index in [1.807, 2.05) is 42.5 Å². The van der Waals surface area contributed by atoms with Crippen molar-refractivity contribution < 1.29 is 4.79 Å².